The van der Waals surface area contributed by atoms with Crippen LogP contribution in [0.25, 0.3) is 0 Å². The molecule has 0 bridgehead atoms. The molecular weight excluding hydrogens is 248 g/mol. The predicted octanol–water partition coefficient (Wildman–Crippen LogP) is 1.99. The van der Waals surface area contributed by atoms with Crippen LogP contribution in [0.2, 0.25) is 5.28 Å². The zero-order chi connectivity index (χ0) is 11.9. The topological polar surface area (TPSA) is 52.3 Å². The summed E-state index contributed by atoms with van der Waals surface area (Å²) < 4.78 is 1.50. The predicted molar refractivity (Wildman–Crippen MR) is 65.0 cm³/mol. The second-order valence-electron chi connectivity index (χ2n) is 4.38. The summed E-state index contributed by atoms with van der Waals surface area (Å²) in [6, 6.07) is 0. The van der Waals surface area contributed by atoms with E-state index in [1.165, 1.54) is 4.68 Å². The van der Waals surface area contributed by atoms with Gasteiger partial charge in [0.25, 0.3) is 0 Å². The number of aromatic nitrogens is 3. The highest BCUT2D eigenvalue weighted by atomic mass is 35.5. The van der Waals surface area contributed by atoms with Crippen molar-refractivity contribution in [3.8, 4) is 0 Å². The van der Waals surface area contributed by atoms with E-state index in [4.69, 9.17) is 16.4 Å². The van der Waals surface area contributed by atoms with E-state index < -0.39 is 0 Å². The van der Waals surface area contributed by atoms with Crippen LogP contribution in [0.4, 0.5) is 0 Å². The zero-order valence-electron chi connectivity index (χ0n) is 9.31. The molecule has 0 amide bonds. The molecule has 1 aliphatic rings. The van der Waals surface area contributed by atoms with Crippen LogP contribution in [0.3, 0.4) is 0 Å². The monoisotopic (exact) mass is 260 g/mol. The first-order valence-corrected chi connectivity index (χ1v) is 5.78. The minimum absolute atomic E-state index is 0.263. The second kappa shape index (κ2) is 3.92. The molecule has 88 valence electrons. The third kappa shape index (κ3) is 2.17. The molecule has 0 saturated carbocycles. The molecular formula is C9H13ClN4OS. The van der Waals surface area contributed by atoms with E-state index >= 15 is 0 Å². The van der Waals surface area contributed by atoms with Crippen LogP contribution in [0.15, 0.2) is 5.16 Å². The third-order valence-corrected chi connectivity index (χ3v) is 3.16. The molecule has 1 aliphatic heterocycles. The van der Waals surface area contributed by atoms with Gasteiger partial charge in [-0.2, -0.15) is 22.7 Å². The molecule has 0 aromatic carbocycles. The van der Waals surface area contributed by atoms with Gasteiger partial charge in [0, 0.05) is 13.5 Å². The number of aryl methyl sites for hydroxylation is 1. The second-order valence-corrected chi connectivity index (χ2v) is 5.23. The Morgan fingerprint density at radius 1 is 1.56 bits per heavy atom. The molecule has 5 nitrogen and oxygen atoms in total. The molecule has 1 aromatic heterocycles. The molecule has 0 spiro atoms. The van der Waals surface area contributed by atoms with Crippen molar-refractivity contribution >= 4 is 29.9 Å². The highest BCUT2D eigenvalue weighted by molar-refractivity contribution is 7.81. The Labute approximate surface area is 104 Å². The van der Waals surface area contributed by atoms with E-state index in [0.717, 1.165) is 12.1 Å². The van der Waals surface area contributed by atoms with Gasteiger partial charge >= 0.3 is 0 Å². The van der Waals surface area contributed by atoms with Crippen LogP contribution in [-0.4, -0.2) is 26.1 Å². The maximum absolute atomic E-state index is 5.82. The Morgan fingerprint density at radius 3 is 2.69 bits per heavy atom. The van der Waals surface area contributed by atoms with E-state index in [1.807, 2.05) is 13.8 Å². The van der Waals surface area contributed by atoms with Crippen LogP contribution in [0.1, 0.15) is 31.3 Å². The van der Waals surface area contributed by atoms with Crippen molar-refractivity contribution in [1.29, 1.82) is 0 Å². The van der Waals surface area contributed by atoms with Crippen LogP contribution >= 0.6 is 24.2 Å². The summed E-state index contributed by atoms with van der Waals surface area (Å²) in [4.78, 5) is 9.38. The van der Waals surface area contributed by atoms with Gasteiger partial charge in [-0.3, -0.25) is 0 Å². The molecule has 0 radical (unpaired) electrons. The fraction of sp³-hybridized carbons (Fsp3) is 0.667. The smallest absolute Gasteiger partial charge is 0.220 e. The number of halogens is 1. The Bertz CT molecular complexity index is 423. The van der Waals surface area contributed by atoms with Crippen molar-refractivity contribution in [2.75, 3.05) is 0 Å². The molecule has 0 fully saturated rings. The average Bonchev–Trinajstić information content (AvgIpc) is 2.70. The zero-order valence-corrected chi connectivity index (χ0v) is 11.0. The van der Waals surface area contributed by atoms with Gasteiger partial charge < -0.3 is 4.84 Å². The maximum atomic E-state index is 5.82. The SMILES string of the molecule is Cn1nc(C(S)C2=NOC(C)(C)C2)nc1Cl. The fourth-order valence-electron chi connectivity index (χ4n) is 1.48. The molecule has 1 aromatic rings. The normalized spacial score (nSPS) is 20.4. The molecule has 16 heavy (non-hydrogen) atoms. The Balaban J connectivity index is 2.17. The van der Waals surface area contributed by atoms with Crippen molar-refractivity contribution in [2.24, 2.45) is 12.2 Å². The van der Waals surface area contributed by atoms with Gasteiger partial charge in [-0.15, -0.1) is 0 Å². The number of rotatable bonds is 2. The first-order valence-electron chi connectivity index (χ1n) is 4.88. The van der Waals surface area contributed by atoms with Gasteiger partial charge in [0.1, 0.15) is 10.9 Å². The van der Waals surface area contributed by atoms with E-state index in [2.05, 4.69) is 27.9 Å². The van der Waals surface area contributed by atoms with Gasteiger partial charge in [0.15, 0.2) is 5.82 Å². The molecule has 2 heterocycles. The molecule has 0 aliphatic carbocycles. The van der Waals surface area contributed by atoms with E-state index in [9.17, 15) is 0 Å². The largest absolute Gasteiger partial charge is 0.389 e. The van der Waals surface area contributed by atoms with E-state index in [-0.39, 0.29) is 10.9 Å². The minimum atomic E-state index is -0.269. The fourth-order valence-corrected chi connectivity index (χ4v) is 1.85. The summed E-state index contributed by atoms with van der Waals surface area (Å²) >= 11 is 10.3. The average molecular weight is 261 g/mol. The summed E-state index contributed by atoms with van der Waals surface area (Å²) in [5.41, 5.74) is 0.560. The highest BCUT2D eigenvalue weighted by Crippen LogP contribution is 2.31. The summed E-state index contributed by atoms with van der Waals surface area (Å²) in [6.45, 7) is 3.95. The first-order chi connectivity index (χ1) is 7.39. The van der Waals surface area contributed by atoms with Crippen LogP contribution in [-0.2, 0) is 11.9 Å². The minimum Gasteiger partial charge on any atom is -0.389 e. The Hall–Kier alpha value is -0.750. The lowest BCUT2D eigenvalue weighted by Gasteiger charge is -2.13. The standard InChI is InChI=1S/C9H13ClN4OS/c1-9(2)4-5(13-15-9)6(16)7-11-8(10)14(3)12-7/h6,16H,4H2,1-3H3. The first kappa shape index (κ1) is 11.7. The molecule has 7 heteroatoms. The van der Waals surface area contributed by atoms with Gasteiger partial charge in [0.05, 0.1) is 5.71 Å². The Kier molecular flexibility index (Phi) is 2.88. The van der Waals surface area contributed by atoms with E-state index in [1.54, 1.807) is 7.05 Å². The van der Waals surface area contributed by atoms with Gasteiger partial charge in [0.2, 0.25) is 5.28 Å². The lowest BCUT2D eigenvalue weighted by Crippen LogP contribution is -2.20. The summed E-state index contributed by atoms with van der Waals surface area (Å²) in [6.07, 6.45) is 0.719. The van der Waals surface area contributed by atoms with Crippen molar-refractivity contribution in [1.82, 2.24) is 14.8 Å². The number of thiol groups is 1. The summed E-state index contributed by atoms with van der Waals surface area (Å²) in [5, 5.41) is 8.25. The number of hydrogen-bond acceptors (Lipinski definition) is 5. The van der Waals surface area contributed by atoms with Crippen molar-refractivity contribution < 1.29 is 4.84 Å². The highest BCUT2D eigenvalue weighted by Gasteiger charge is 2.33. The summed E-state index contributed by atoms with van der Waals surface area (Å²) in [7, 11) is 1.73. The third-order valence-electron chi connectivity index (χ3n) is 2.30. The molecule has 0 N–H and O–H groups in total. The molecule has 0 saturated heterocycles. The van der Waals surface area contributed by atoms with Crippen molar-refractivity contribution in [3.63, 3.8) is 0 Å². The van der Waals surface area contributed by atoms with Gasteiger partial charge in [-0.05, 0) is 25.4 Å². The molecule has 2 rings (SSSR count). The van der Waals surface area contributed by atoms with Gasteiger partial charge in [-0.1, -0.05) is 5.16 Å². The lowest BCUT2D eigenvalue weighted by atomic mass is 10.0. The van der Waals surface area contributed by atoms with Crippen LogP contribution < -0.4 is 0 Å². The molecule has 1 unspecified atom stereocenters. The lowest BCUT2D eigenvalue weighted by molar-refractivity contribution is 0.0123. The number of hydrogen-bond donors (Lipinski definition) is 1. The molecule has 1 atom stereocenters. The van der Waals surface area contributed by atoms with E-state index in [0.29, 0.717) is 11.1 Å². The number of nitrogens with zero attached hydrogens (tertiary/aromatic N) is 4. The Morgan fingerprint density at radius 2 is 2.25 bits per heavy atom. The van der Waals surface area contributed by atoms with Crippen molar-refractivity contribution in [3.05, 3.63) is 11.1 Å². The van der Waals surface area contributed by atoms with Crippen LogP contribution in [0, 0.1) is 0 Å². The van der Waals surface area contributed by atoms with Crippen LogP contribution in [0.5, 0.6) is 0 Å². The number of oxime groups is 1. The summed E-state index contributed by atoms with van der Waals surface area (Å²) in [5.74, 6) is 0.552. The maximum Gasteiger partial charge on any atom is 0.220 e. The van der Waals surface area contributed by atoms with Gasteiger partial charge in [-0.25, -0.2) is 4.68 Å². The van der Waals surface area contributed by atoms with Crippen molar-refractivity contribution in [2.45, 2.75) is 31.1 Å². The quantitative estimate of drug-likeness (QED) is 0.828.